The number of nitrogens with one attached hydrogen (secondary N) is 1. The van der Waals surface area contributed by atoms with Crippen LogP contribution >= 0.6 is 11.6 Å². The number of halogens is 1. The van der Waals surface area contributed by atoms with E-state index in [-0.39, 0.29) is 0 Å². The first-order chi connectivity index (χ1) is 8.56. The minimum atomic E-state index is -3.35. The van der Waals surface area contributed by atoms with E-state index in [9.17, 15) is 8.42 Å². The van der Waals surface area contributed by atoms with Gasteiger partial charge in [0.1, 0.15) is 0 Å². The van der Waals surface area contributed by atoms with Gasteiger partial charge in [-0.1, -0.05) is 30.5 Å². The third-order valence-electron chi connectivity index (χ3n) is 2.68. The van der Waals surface area contributed by atoms with E-state index in [2.05, 4.69) is 4.72 Å². The van der Waals surface area contributed by atoms with Crippen molar-refractivity contribution in [3.05, 3.63) is 29.8 Å². The SMILES string of the molecule is Cc1ccc(S(=O)(=O)NCCCCCCCl)cc1. The molecule has 1 aromatic rings. The van der Waals surface area contributed by atoms with E-state index in [1.165, 1.54) is 0 Å². The molecule has 5 heteroatoms. The molecule has 3 nitrogen and oxygen atoms in total. The molecule has 0 bridgehead atoms. The monoisotopic (exact) mass is 289 g/mol. The quantitative estimate of drug-likeness (QED) is 0.590. The van der Waals surface area contributed by atoms with Crippen molar-refractivity contribution in [1.82, 2.24) is 4.72 Å². The summed E-state index contributed by atoms with van der Waals surface area (Å²) in [6.45, 7) is 2.42. The highest BCUT2D eigenvalue weighted by Crippen LogP contribution is 2.10. The zero-order chi connectivity index (χ0) is 13.4. The van der Waals surface area contributed by atoms with Gasteiger partial charge in [-0.15, -0.1) is 11.6 Å². The normalized spacial score (nSPS) is 11.7. The third kappa shape index (κ3) is 5.38. The molecular formula is C13H20ClNO2S. The first-order valence-corrected chi connectivity index (χ1v) is 8.20. The fourth-order valence-corrected chi connectivity index (χ4v) is 2.84. The predicted octanol–water partition coefficient (Wildman–Crippen LogP) is 3.07. The van der Waals surface area contributed by atoms with Gasteiger partial charge in [-0.2, -0.15) is 0 Å². The molecule has 0 saturated heterocycles. The average Bonchev–Trinajstić information content (AvgIpc) is 2.34. The molecule has 0 fully saturated rings. The molecule has 0 saturated carbocycles. The highest BCUT2D eigenvalue weighted by molar-refractivity contribution is 7.89. The van der Waals surface area contributed by atoms with Gasteiger partial charge in [-0.25, -0.2) is 13.1 Å². The Hall–Kier alpha value is -0.580. The van der Waals surface area contributed by atoms with E-state index in [0.717, 1.165) is 31.2 Å². The molecule has 0 radical (unpaired) electrons. The number of hydrogen-bond donors (Lipinski definition) is 1. The summed E-state index contributed by atoms with van der Waals surface area (Å²) >= 11 is 5.57. The number of hydrogen-bond acceptors (Lipinski definition) is 2. The van der Waals surface area contributed by atoms with Gasteiger partial charge < -0.3 is 0 Å². The van der Waals surface area contributed by atoms with E-state index in [4.69, 9.17) is 11.6 Å². The summed E-state index contributed by atoms with van der Waals surface area (Å²) in [6, 6.07) is 6.86. The Labute approximate surface area is 115 Å². The number of rotatable bonds is 8. The zero-order valence-electron chi connectivity index (χ0n) is 10.7. The highest BCUT2D eigenvalue weighted by atomic mass is 35.5. The van der Waals surface area contributed by atoms with E-state index in [1.54, 1.807) is 24.3 Å². The first-order valence-electron chi connectivity index (χ1n) is 6.18. The highest BCUT2D eigenvalue weighted by Gasteiger charge is 2.12. The lowest BCUT2D eigenvalue weighted by atomic mass is 10.2. The summed E-state index contributed by atoms with van der Waals surface area (Å²) in [7, 11) is -3.35. The number of aryl methyl sites for hydroxylation is 1. The molecule has 0 spiro atoms. The van der Waals surface area contributed by atoms with Gasteiger partial charge in [0.05, 0.1) is 4.90 Å². The van der Waals surface area contributed by atoms with Crippen LogP contribution in [-0.2, 0) is 10.0 Å². The van der Waals surface area contributed by atoms with Crippen LogP contribution in [0.1, 0.15) is 31.2 Å². The molecule has 0 amide bonds. The van der Waals surface area contributed by atoms with Crippen LogP contribution in [0.25, 0.3) is 0 Å². The number of unbranched alkanes of at least 4 members (excludes halogenated alkanes) is 3. The first kappa shape index (κ1) is 15.5. The largest absolute Gasteiger partial charge is 0.240 e. The molecule has 0 aliphatic carbocycles. The molecule has 0 aromatic heterocycles. The van der Waals surface area contributed by atoms with Crippen molar-refractivity contribution in [3.63, 3.8) is 0 Å². The number of sulfonamides is 1. The standard InChI is InChI=1S/C13H20ClNO2S/c1-12-6-8-13(9-7-12)18(16,17)15-11-5-3-2-4-10-14/h6-9,15H,2-5,10-11H2,1H3. The van der Waals surface area contributed by atoms with Crippen LogP contribution in [0.2, 0.25) is 0 Å². The Morgan fingerprint density at radius 2 is 1.67 bits per heavy atom. The lowest BCUT2D eigenvalue weighted by Crippen LogP contribution is -2.24. The van der Waals surface area contributed by atoms with Crippen LogP contribution in [0.5, 0.6) is 0 Å². The zero-order valence-corrected chi connectivity index (χ0v) is 12.2. The third-order valence-corrected chi connectivity index (χ3v) is 4.43. The van der Waals surface area contributed by atoms with Crippen LogP contribution in [0.4, 0.5) is 0 Å². The molecule has 0 unspecified atom stereocenters. The van der Waals surface area contributed by atoms with Gasteiger partial charge in [0.15, 0.2) is 0 Å². The maximum atomic E-state index is 11.9. The van der Waals surface area contributed by atoms with Gasteiger partial charge in [0.25, 0.3) is 0 Å². The summed E-state index contributed by atoms with van der Waals surface area (Å²) in [4.78, 5) is 0.328. The molecule has 18 heavy (non-hydrogen) atoms. The van der Waals surface area contributed by atoms with Crippen molar-refractivity contribution in [2.45, 2.75) is 37.5 Å². The van der Waals surface area contributed by atoms with Crippen LogP contribution in [0, 0.1) is 6.92 Å². The molecule has 1 N–H and O–H groups in total. The topological polar surface area (TPSA) is 46.2 Å². The second-order valence-electron chi connectivity index (χ2n) is 4.31. The smallest absolute Gasteiger partial charge is 0.211 e. The molecule has 1 rings (SSSR count). The second kappa shape index (κ2) is 7.77. The van der Waals surface area contributed by atoms with E-state index < -0.39 is 10.0 Å². The Bertz CT molecular complexity index is 443. The summed E-state index contributed by atoms with van der Waals surface area (Å²) in [6.07, 6.45) is 3.90. The lowest BCUT2D eigenvalue weighted by Gasteiger charge is -2.06. The van der Waals surface area contributed by atoms with Crippen LogP contribution in [0.15, 0.2) is 29.2 Å². The van der Waals surface area contributed by atoms with Gasteiger partial charge >= 0.3 is 0 Å². The second-order valence-corrected chi connectivity index (χ2v) is 6.46. The van der Waals surface area contributed by atoms with Gasteiger partial charge in [0.2, 0.25) is 10.0 Å². The number of benzene rings is 1. The minimum Gasteiger partial charge on any atom is -0.211 e. The maximum absolute atomic E-state index is 11.9. The van der Waals surface area contributed by atoms with Crippen molar-refractivity contribution in [1.29, 1.82) is 0 Å². The fourth-order valence-electron chi connectivity index (χ4n) is 1.58. The van der Waals surface area contributed by atoms with Crippen molar-refractivity contribution < 1.29 is 8.42 Å². The van der Waals surface area contributed by atoms with Gasteiger partial charge in [-0.3, -0.25) is 0 Å². The molecule has 102 valence electrons. The Kier molecular flexibility index (Phi) is 6.68. The summed E-state index contributed by atoms with van der Waals surface area (Å²) in [5.41, 5.74) is 1.05. The Morgan fingerprint density at radius 1 is 1.06 bits per heavy atom. The van der Waals surface area contributed by atoms with Crippen molar-refractivity contribution in [2.24, 2.45) is 0 Å². The van der Waals surface area contributed by atoms with Crippen LogP contribution < -0.4 is 4.72 Å². The lowest BCUT2D eigenvalue weighted by molar-refractivity contribution is 0.574. The van der Waals surface area contributed by atoms with Crippen molar-refractivity contribution >= 4 is 21.6 Å². The van der Waals surface area contributed by atoms with E-state index in [0.29, 0.717) is 17.3 Å². The van der Waals surface area contributed by atoms with Crippen LogP contribution in [0.3, 0.4) is 0 Å². The fraction of sp³-hybridized carbons (Fsp3) is 0.538. The molecule has 0 aliphatic heterocycles. The molecule has 0 aliphatic rings. The number of alkyl halides is 1. The van der Waals surface area contributed by atoms with E-state index >= 15 is 0 Å². The molecule has 1 aromatic carbocycles. The molecule has 0 atom stereocenters. The molecular weight excluding hydrogens is 270 g/mol. The van der Waals surface area contributed by atoms with Crippen LogP contribution in [-0.4, -0.2) is 20.8 Å². The van der Waals surface area contributed by atoms with Crippen molar-refractivity contribution in [3.8, 4) is 0 Å². The van der Waals surface area contributed by atoms with E-state index in [1.807, 2.05) is 6.92 Å². The maximum Gasteiger partial charge on any atom is 0.240 e. The predicted molar refractivity (Wildman–Crippen MR) is 75.6 cm³/mol. The Balaban J connectivity index is 2.38. The summed E-state index contributed by atoms with van der Waals surface area (Å²) < 4.78 is 26.4. The average molecular weight is 290 g/mol. The molecule has 0 heterocycles. The van der Waals surface area contributed by atoms with Crippen molar-refractivity contribution in [2.75, 3.05) is 12.4 Å². The van der Waals surface area contributed by atoms with Gasteiger partial charge in [0, 0.05) is 12.4 Å². The summed E-state index contributed by atoms with van der Waals surface area (Å²) in [5.74, 6) is 0.676. The van der Waals surface area contributed by atoms with Gasteiger partial charge in [-0.05, 0) is 31.9 Å². The summed E-state index contributed by atoms with van der Waals surface area (Å²) in [5, 5.41) is 0. The Morgan fingerprint density at radius 3 is 2.28 bits per heavy atom. The minimum absolute atomic E-state index is 0.328.